The molecule has 2 heterocycles. The molecule has 0 amide bonds. The minimum Gasteiger partial charge on any atom is -0.240 e. The number of imidazole rings is 2. The maximum absolute atomic E-state index is 2.38. The molecule has 0 aliphatic heterocycles. The molecular formula is C29H54N4+2. The van der Waals surface area contributed by atoms with Gasteiger partial charge in [-0.05, 0) is 38.5 Å². The Morgan fingerprint density at radius 3 is 1.48 bits per heavy atom. The molecule has 0 saturated carbocycles. The van der Waals surface area contributed by atoms with Gasteiger partial charge in [-0.2, -0.15) is 0 Å². The fourth-order valence-corrected chi connectivity index (χ4v) is 4.77. The Bertz CT molecular complexity index is 687. The Morgan fingerprint density at radius 2 is 0.970 bits per heavy atom. The van der Waals surface area contributed by atoms with Crippen molar-refractivity contribution in [1.29, 1.82) is 0 Å². The quantitative estimate of drug-likeness (QED) is 0.132. The zero-order valence-corrected chi connectivity index (χ0v) is 22.1. The lowest BCUT2D eigenvalue weighted by Gasteiger charge is -2.03. The lowest BCUT2D eigenvalue weighted by Crippen LogP contribution is -2.30. The van der Waals surface area contributed by atoms with E-state index >= 15 is 0 Å². The van der Waals surface area contributed by atoms with Crippen LogP contribution >= 0.6 is 0 Å². The molecule has 0 N–H and O–H groups in total. The second-order valence-corrected chi connectivity index (χ2v) is 10.2. The molecule has 4 heteroatoms. The van der Waals surface area contributed by atoms with Gasteiger partial charge in [0.2, 0.25) is 12.7 Å². The van der Waals surface area contributed by atoms with E-state index < -0.39 is 0 Å². The summed E-state index contributed by atoms with van der Waals surface area (Å²) in [6, 6.07) is 0. The molecule has 0 aromatic carbocycles. The monoisotopic (exact) mass is 458 g/mol. The van der Waals surface area contributed by atoms with Gasteiger partial charge in [-0.1, -0.05) is 84.0 Å². The zero-order chi connectivity index (χ0) is 23.4. The Kier molecular flexibility index (Phi) is 15.8. The smallest absolute Gasteiger partial charge is 0.240 e. The van der Waals surface area contributed by atoms with E-state index in [4.69, 9.17) is 0 Å². The summed E-state index contributed by atoms with van der Waals surface area (Å²) in [5.74, 6) is 0. The highest BCUT2D eigenvalue weighted by Gasteiger charge is 2.04. The van der Waals surface area contributed by atoms with Gasteiger partial charge >= 0.3 is 0 Å². The standard InChI is InChI=1S/C29H54N4/c1-3-4-5-6-7-8-9-10-11-12-13-14-15-18-22-32-26-27-33(29-32)23-20-17-16-19-21-31-25-24-30(2)28-31/h24-29H,3-23H2,1-2H3/q+2. The molecule has 2 aromatic rings. The summed E-state index contributed by atoms with van der Waals surface area (Å²) < 4.78 is 9.15. The predicted molar refractivity (Wildman–Crippen MR) is 139 cm³/mol. The Balaban J connectivity index is 1.34. The van der Waals surface area contributed by atoms with Gasteiger partial charge in [0.25, 0.3) is 0 Å². The third-order valence-corrected chi connectivity index (χ3v) is 6.92. The van der Waals surface area contributed by atoms with Crippen LogP contribution in [-0.2, 0) is 26.7 Å². The van der Waals surface area contributed by atoms with E-state index in [1.165, 1.54) is 122 Å². The zero-order valence-electron chi connectivity index (χ0n) is 22.1. The van der Waals surface area contributed by atoms with E-state index in [0.717, 1.165) is 13.1 Å². The van der Waals surface area contributed by atoms with Crippen LogP contribution in [0.2, 0.25) is 0 Å². The molecule has 0 saturated heterocycles. The summed E-state index contributed by atoms with van der Waals surface area (Å²) in [6.45, 7) is 5.78. The Hall–Kier alpha value is -1.58. The number of unbranched alkanes of at least 4 members (excludes halogenated alkanes) is 16. The van der Waals surface area contributed by atoms with Gasteiger partial charge in [-0.25, -0.2) is 18.3 Å². The van der Waals surface area contributed by atoms with Crippen molar-refractivity contribution in [3.63, 3.8) is 0 Å². The maximum Gasteiger partial charge on any atom is 0.243 e. The van der Waals surface area contributed by atoms with Crippen LogP contribution in [-0.4, -0.2) is 9.13 Å². The first kappa shape index (κ1) is 27.7. The molecule has 0 aliphatic carbocycles. The van der Waals surface area contributed by atoms with Gasteiger partial charge in [0.05, 0.1) is 26.7 Å². The van der Waals surface area contributed by atoms with Gasteiger partial charge < -0.3 is 0 Å². The van der Waals surface area contributed by atoms with Crippen LogP contribution in [0.5, 0.6) is 0 Å². The summed E-state index contributed by atoms with van der Waals surface area (Å²) in [4.78, 5) is 0. The van der Waals surface area contributed by atoms with Crippen LogP contribution in [0.1, 0.15) is 122 Å². The van der Waals surface area contributed by atoms with E-state index in [0.29, 0.717) is 0 Å². The third kappa shape index (κ3) is 14.3. The molecule has 0 atom stereocenters. The first-order valence-electron chi connectivity index (χ1n) is 14.3. The summed E-state index contributed by atoms with van der Waals surface area (Å²) in [5, 5.41) is 0. The number of aromatic nitrogens is 4. The van der Waals surface area contributed by atoms with E-state index in [1.54, 1.807) is 0 Å². The molecule has 0 radical (unpaired) electrons. The fraction of sp³-hybridized carbons (Fsp3) is 0.793. The lowest BCUT2D eigenvalue weighted by molar-refractivity contribution is -0.696. The first-order chi connectivity index (χ1) is 16.3. The number of hydrogen-bond acceptors (Lipinski definition) is 0. The van der Waals surface area contributed by atoms with Gasteiger partial charge in [-0.3, -0.25) is 0 Å². The van der Waals surface area contributed by atoms with Gasteiger partial charge in [0, 0.05) is 0 Å². The normalized spacial score (nSPS) is 11.5. The molecule has 2 rings (SSSR count). The van der Waals surface area contributed by atoms with Crippen LogP contribution in [0.15, 0.2) is 37.4 Å². The third-order valence-electron chi connectivity index (χ3n) is 6.92. The second kappa shape index (κ2) is 18.8. The van der Waals surface area contributed by atoms with E-state index in [2.05, 4.69) is 69.7 Å². The van der Waals surface area contributed by atoms with Crippen LogP contribution in [0.3, 0.4) is 0 Å². The highest BCUT2D eigenvalue weighted by Crippen LogP contribution is 2.13. The molecule has 4 nitrogen and oxygen atoms in total. The fourth-order valence-electron chi connectivity index (χ4n) is 4.77. The van der Waals surface area contributed by atoms with Crippen molar-refractivity contribution >= 4 is 0 Å². The van der Waals surface area contributed by atoms with Crippen molar-refractivity contribution in [2.24, 2.45) is 7.05 Å². The first-order valence-corrected chi connectivity index (χ1v) is 14.3. The summed E-state index contributed by atoms with van der Waals surface area (Å²) in [5.41, 5.74) is 0. The van der Waals surface area contributed by atoms with Gasteiger partial charge in [-0.15, -0.1) is 0 Å². The number of rotatable bonds is 22. The average molecular weight is 459 g/mol. The molecule has 0 unspecified atom stereocenters. The van der Waals surface area contributed by atoms with Crippen LogP contribution in [0.25, 0.3) is 0 Å². The minimum absolute atomic E-state index is 1.14. The topological polar surface area (TPSA) is 17.6 Å². The molecule has 0 aliphatic rings. The highest BCUT2D eigenvalue weighted by molar-refractivity contribution is 4.67. The van der Waals surface area contributed by atoms with Crippen molar-refractivity contribution in [2.45, 2.75) is 142 Å². The summed E-state index contributed by atoms with van der Waals surface area (Å²) in [7, 11) is 2.08. The van der Waals surface area contributed by atoms with Crippen LogP contribution in [0, 0.1) is 0 Å². The largest absolute Gasteiger partial charge is 0.243 e. The van der Waals surface area contributed by atoms with Crippen molar-refractivity contribution in [2.75, 3.05) is 0 Å². The average Bonchev–Trinajstić information content (AvgIpc) is 3.45. The molecule has 33 heavy (non-hydrogen) atoms. The van der Waals surface area contributed by atoms with Crippen LogP contribution < -0.4 is 9.13 Å². The molecule has 188 valence electrons. The Labute approximate surface area is 205 Å². The molecule has 2 aromatic heterocycles. The number of hydrogen-bond donors (Lipinski definition) is 0. The molecule has 0 fully saturated rings. The Morgan fingerprint density at radius 1 is 0.515 bits per heavy atom. The SMILES string of the molecule is CCCCCCCCCCCCCCCC[n+]1ccn(CCCCCCn2cc[n+](C)c2)c1. The second-order valence-electron chi connectivity index (χ2n) is 10.2. The van der Waals surface area contributed by atoms with Crippen LogP contribution in [0.4, 0.5) is 0 Å². The molecule has 0 spiro atoms. The minimum atomic E-state index is 1.14. The molecular weight excluding hydrogens is 404 g/mol. The van der Waals surface area contributed by atoms with Crippen molar-refractivity contribution < 1.29 is 9.13 Å². The van der Waals surface area contributed by atoms with Gasteiger partial charge in [0.1, 0.15) is 24.8 Å². The lowest BCUT2D eigenvalue weighted by atomic mass is 10.0. The summed E-state index contributed by atoms with van der Waals surface area (Å²) >= 11 is 0. The molecule has 0 bridgehead atoms. The number of nitrogens with zero attached hydrogens (tertiary/aromatic N) is 4. The van der Waals surface area contributed by atoms with E-state index in [1.807, 2.05) is 0 Å². The van der Waals surface area contributed by atoms with Crippen molar-refractivity contribution in [3.8, 4) is 0 Å². The number of aryl methyl sites for hydroxylation is 4. The maximum atomic E-state index is 2.38. The predicted octanol–water partition coefficient (Wildman–Crippen LogP) is 7.14. The van der Waals surface area contributed by atoms with E-state index in [9.17, 15) is 0 Å². The van der Waals surface area contributed by atoms with E-state index in [-0.39, 0.29) is 0 Å². The summed E-state index contributed by atoms with van der Waals surface area (Å²) in [6.07, 6.45) is 38.5. The van der Waals surface area contributed by atoms with Crippen molar-refractivity contribution in [1.82, 2.24) is 9.13 Å². The van der Waals surface area contributed by atoms with Gasteiger partial charge in [0.15, 0.2) is 0 Å². The van der Waals surface area contributed by atoms with Crippen molar-refractivity contribution in [3.05, 3.63) is 37.4 Å². The highest BCUT2D eigenvalue weighted by atomic mass is 15.1.